The molecule has 2 rings (SSSR count). The van der Waals surface area contributed by atoms with Crippen LogP contribution in [-0.4, -0.2) is 5.78 Å². The molecular formula is C13H9BrCl2O2. The summed E-state index contributed by atoms with van der Waals surface area (Å²) in [4.78, 5) is 11.5. The highest BCUT2D eigenvalue weighted by Crippen LogP contribution is 2.38. The topological polar surface area (TPSA) is 30.2 Å². The first-order valence-corrected chi connectivity index (χ1v) is 6.85. The Balaban J connectivity index is 2.49. The molecule has 5 heteroatoms. The molecule has 0 saturated heterocycles. The standard InChI is InChI=1S/C13H9BrCl2O2/c1-2-10(17)11-3-4-12(18-11)13-8(15)5-7(14)6-9(13)16/h3-6H,2H2,1H3. The first-order valence-electron chi connectivity index (χ1n) is 5.31. The summed E-state index contributed by atoms with van der Waals surface area (Å²) in [7, 11) is 0. The Morgan fingerprint density at radius 1 is 1.28 bits per heavy atom. The molecule has 0 N–H and O–H groups in total. The van der Waals surface area contributed by atoms with Crippen molar-refractivity contribution < 1.29 is 9.21 Å². The predicted octanol–water partition coefficient (Wildman–Crippen LogP) is 5.61. The van der Waals surface area contributed by atoms with E-state index >= 15 is 0 Å². The fraction of sp³-hybridized carbons (Fsp3) is 0.154. The molecule has 1 aromatic carbocycles. The van der Waals surface area contributed by atoms with E-state index in [1.54, 1.807) is 31.2 Å². The fourth-order valence-electron chi connectivity index (χ4n) is 1.57. The molecule has 1 aromatic heterocycles. The van der Waals surface area contributed by atoms with Crippen LogP contribution < -0.4 is 0 Å². The van der Waals surface area contributed by atoms with Crippen LogP contribution in [0.3, 0.4) is 0 Å². The smallest absolute Gasteiger partial charge is 0.197 e. The van der Waals surface area contributed by atoms with Crippen molar-refractivity contribution in [3.8, 4) is 11.3 Å². The van der Waals surface area contributed by atoms with E-state index in [0.717, 1.165) is 4.47 Å². The molecule has 18 heavy (non-hydrogen) atoms. The summed E-state index contributed by atoms with van der Waals surface area (Å²) >= 11 is 15.6. The van der Waals surface area contributed by atoms with Crippen molar-refractivity contribution in [2.24, 2.45) is 0 Å². The maximum absolute atomic E-state index is 11.5. The molecule has 0 radical (unpaired) electrons. The monoisotopic (exact) mass is 346 g/mol. The summed E-state index contributed by atoms with van der Waals surface area (Å²) in [5.41, 5.74) is 0.594. The highest BCUT2D eigenvalue weighted by atomic mass is 79.9. The van der Waals surface area contributed by atoms with Gasteiger partial charge in [-0.1, -0.05) is 46.1 Å². The Morgan fingerprint density at radius 3 is 2.44 bits per heavy atom. The number of carbonyl (C=O) groups is 1. The summed E-state index contributed by atoms with van der Waals surface area (Å²) < 4.78 is 6.28. The van der Waals surface area contributed by atoms with Crippen LogP contribution in [0.2, 0.25) is 10.0 Å². The number of halogens is 3. The molecule has 0 aliphatic heterocycles. The van der Waals surface area contributed by atoms with Crippen LogP contribution in [0.5, 0.6) is 0 Å². The van der Waals surface area contributed by atoms with Gasteiger partial charge in [0.1, 0.15) is 5.76 Å². The molecule has 0 saturated carbocycles. The third-order valence-electron chi connectivity index (χ3n) is 2.46. The number of ketones is 1. The lowest BCUT2D eigenvalue weighted by atomic mass is 10.2. The number of rotatable bonds is 3. The van der Waals surface area contributed by atoms with E-state index < -0.39 is 0 Å². The van der Waals surface area contributed by atoms with E-state index in [4.69, 9.17) is 27.6 Å². The molecule has 1 heterocycles. The second-order valence-electron chi connectivity index (χ2n) is 3.69. The van der Waals surface area contributed by atoms with Gasteiger partial charge in [0.15, 0.2) is 11.5 Å². The minimum atomic E-state index is -0.0504. The van der Waals surface area contributed by atoms with Gasteiger partial charge in [0.05, 0.1) is 15.6 Å². The van der Waals surface area contributed by atoms with Crippen LogP contribution in [-0.2, 0) is 0 Å². The zero-order valence-electron chi connectivity index (χ0n) is 9.47. The second kappa shape index (κ2) is 5.47. The zero-order valence-corrected chi connectivity index (χ0v) is 12.6. The second-order valence-corrected chi connectivity index (χ2v) is 5.42. The van der Waals surface area contributed by atoms with E-state index in [1.165, 1.54) is 0 Å². The lowest BCUT2D eigenvalue weighted by molar-refractivity contribution is 0.0962. The number of carbonyl (C=O) groups excluding carboxylic acids is 1. The van der Waals surface area contributed by atoms with E-state index in [2.05, 4.69) is 15.9 Å². The maximum Gasteiger partial charge on any atom is 0.197 e. The molecule has 0 fully saturated rings. The van der Waals surface area contributed by atoms with Gasteiger partial charge in [0.25, 0.3) is 0 Å². The summed E-state index contributed by atoms with van der Waals surface area (Å²) in [5, 5.41) is 0.943. The van der Waals surface area contributed by atoms with Gasteiger partial charge >= 0.3 is 0 Å². The third-order valence-corrected chi connectivity index (χ3v) is 3.51. The van der Waals surface area contributed by atoms with Crippen molar-refractivity contribution in [2.75, 3.05) is 0 Å². The molecular weight excluding hydrogens is 339 g/mol. The van der Waals surface area contributed by atoms with Gasteiger partial charge in [-0.25, -0.2) is 0 Å². The lowest BCUT2D eigenvalue weighted by Gasteiger charge is -2.04. The fourth-order valence-corrected chi connectivity index (χ4v) is 2.97. The highest BCUT2D eigenvalue weighted by molar-refractivity contribution is 9.10. The first kappa shape index (κ1) is 13.7. The van der Waals surface area contributed by atoms with E-state index in [1.807, 2.05) is 0 Å². The average Bonchev–Trinajstić information content (AvgIpc) is 2.76. The molecule has 94 valence electrons. The molecule has 2 nitrogen and oxygen atoms in total. The Kier molecular flexibility index (Phi) is 4.15. The van der Waals surface area contributed by atoms with Crippen LogP contribution in [0.15, 0.2) is 33.2 Å². The highest BCUT2D eigenvalue weighted by Gasteiger charge is 2.16. The van der Waals surface area contributed by atoms with E-state index in [0.29, 0.717) is 33.6 Å². The minimum absolute atomic E-state index is 0.0504. The number of furan rings is 1. The van der Waals surface area contributed by atoms with Crippen molar-refractivity contribution in [2.45, 2.75) is 13.3 Å². The molecule has 0 atom stereocenters. The van der Waals surface area contributed by atoms with Crippen molar-refractivity contribution in [1.82, 2.24) is 0 Å². The van der Waals surface area contributed by atoms with Crippen LogP contribution in [0.25, 0.3) is 11.3 Å². The summed E-state index contributed by atoms with van der Waals surface area (Å²) in [6, 6.07) is 6.79. The van der Waals surface area contributed by atoms with Crippen LogP contribution >= 0.6 is 39.1 Å². The Morgan fingerprint density at radius 2 is 1.89 bits per heavy atom. The van der Waals surface area contributed by atoms with Gasteiger partial charge in [0.2, 0.25) is 0 Å². The SMILES string of the molecule is CCC(=O)c1ccc(-c2c(Cl)cc(Br)cc2Cl)o1. The summed E-state index contributed by atoms with van der Waals surface area (Å²) in [6.07, 6.45) is 0.398. The Hall–Kier alpha value is -0.770. The average molecular weight is 348 g/mol. The Labute approximate surface area is 123 Å². The van der Waals surface area contributed by atoms with Gasteiger partial charge in [0, 0.05) is 10.9 Å². The number of Topliss-reactive ketones (excluding diaryl/α,β-unsaturated/α-hetero) is 1. The van der Waals surface area contributed by atoms with Gasteiger partial charge in [-0.3, -0.25) is 4.79 Å². The molecule has 0 spiro atoms. The molecule has 0 unspecified atom stereocenters. The number of hydrogen-bond donors (Lipinski definition) is 0. The van der Waals surface area contributed by atoms with Crippen molar-refractivity contribution in [3.63, 3.8) is 0 Å². The van der Waals surface area contributed by atoms with Crippen molar-refractivity contribution in [3.05, 3.63) is 44.5 Å². The molecule has 0 aliphatic rings. The zero-order chi connectivity index (χ0) is 13.3. The number of hydrogen-bond acceptors (Lipinski definition) is 2. The molecule has 0 aliphatic carbocycles. The van der Waals surface area contributed by atoms with Crippen molar-refractivity contribution >= 4 is 44.9 Å². The maximum atomic E-state index is 11.5. The van der Waals surface area contributed by atoms with E-state index in [9.17, 15) is 4.79 Å². The van der Waals surface area contributed by atoms with Crippen molar-refractivity contribution in [1.29, 1.82) is 0 Å². The van der Waals surface area contributed by atoms with Gasteiger partial charge in [-0.05, 0) is 24.3 Å². The summed E-state index contributed by atoms with van der Waals surface area (Å²) in [5.74, 6) is 0.766. The Bertz CT molecular complexity index is 582. The van der Waals surface area contributed by atoms with Gasteiger partial charge < -0.3 is 4.42 Å². The lowest BCUT2D eigenvalue weighted by Crippen LogP contribution is -1.92. The normalized spacial score (nSPS) is 10.7. The molecule has 0 bridgehead atoms. The predicted molar refractivity (Wildman–Crippen MR) is 76.5 cm³/mol. The first-order chi connectivity index (χ1) is 8.52. The largest absolute Gasteiger partial charge is 0.453 e. The summed E-state index contributed by atoms with van der Waals surface area (Å²) in [6.45, 7) is 1.78. The van der Waals surface area contributed by atoms with Crippen LogP contribution in [0.1, 0.15) is 23.9 Å². The molecule has 2 aromatic rings. The number of benzene rings is 1. The van der Waals surface area contributed by atoms with E-state index in [-0.39, 0.29) is 5.78 Å². The molecule has 0 amide bonds. The third kappa shape index (κ3) is 2.63. The minimum Gasteiger partial charge on any atom is -0.453 e. The quantitative estimate of drug-likeness (QED) is 0.675. The van der Waals surface area contributed by atoms with Crippen LogP contribution in [0.4, 0.5) is 0 Å². The van der Waals surface area contributed by atoms with Gasteiger partial charge in [-0.15, -0.1) is 0 Å². The van der Waals surface area contributed by atoms with Crippen LogP contribution in [0, 0.1) is 0 Å². The van der Waals surface area contributed by atoms with Gasteiger partial charge in [-0.2, -0.15) is 0 Å².